The van der Waals surface area contributed by atoms with Crippen molar-refractivity contribution in [2.75, 3.05) is 0 Å². The molecule has 0 unspecified atom stereocenters. The van der Waals surface area contributed by atoms with Crippen molar-refractivity contribution in [3.63, 3.8) is 0 Å². The van der Waals surface area contributed by atoms with Gasteiger partial charge in [-0.1, -0.05) is 144 Å². The fraction of sp³-hybridized carbons (Fsp3) is 0.0909. The highest BCUT2D eigenvalue weighted by molar-refractivity contribution is 6.14. The van der Waals surface area contributed by atoms with Gasteiger partial charge in [0.05, 0.1) is 45.1 Å². The molecule has 0 amide bonds. The third-order valence-electron chi connectivity index (χ3n) is 14.1. The molecule has 12 aromatic rings. The standard InChI is InChI=1S/C66H50N4/c1-40-7-15-47(16-8-40)51-23-27-60-56(35-51)57-36-52(48-17-9-41(2)10-18-48)24-28-61(57)69(60)64-33-46(39-67)34-65(66(64)55-31-44(5)68-45(6)32-55)70-62-29-25-53(49-19-11-42(3)12-20-49)37-58(62)59-38-54(26-30-63(59)70)50-21-13-43(4)14-22-50/h7-38H,1-6H3. The maximum atomic E-state index is 11.1. The third-order valence-corrected chi connectivity index (χ3v) is 14.1. The molecular formula is C66H50N4. The van der Waals surface area contributed by atoms with Gasteiger partial charge >= 0.3 is 0 Å². The highest BCUT2D eigenvalue weighted by Gasteiger charge is 2.25. The lowest BCUT2D eigenvalue weighted by Gasteiger charge is -2.21. The predicted octanol–water partition coefficient (Wildman–Crippen LogP) is 17.3. The average molecular weight is 899 g/mol. The number of hydrogen-bond donors (Lipinski definition) is 0. The van der Waals surface area contributed by atoms with Crippen LogP contribution in [0, 0.1) is 52.9 Å². The Morgan fingerprint density at radius 3 is 0.857 bits per heavy atom. The minimum Gasteiger partial charge on any atom is -0.308 e. The molecule has 4 nitrogen and oxygen atoms in total. The van der Waals surface area contributed by atoms with Crippen molar-refractivity contribution < 1.29 is 0 Å². The van der Waals surface area contributed by atoms with Crippen LogP contribution in [0.25, 0.3) is 111 Å². The summed E-state index contributed by atoms with van der Waals surface area (Å²) in [6.45, 7) is 12.7. The van der Waals surface area contributed by atoms with E-state index in [2.05, 4.69) is 251 Å². The molecule has 9 aromatic carbocycles. The van der Waals surface area contributed by atoms with E-state index in [9.17, 15) is 5.26 Å². The lowest BCUT2D eigenvalue weighted by Crippen LogP contribution is -2.05. The van der Waals surface area contributed by atoms with E-state index < -0.39 is 0 Å². The van der Waals surface area contributed by atoms with Gasteiger partial charge in [-0.15, -0.1) is 0 Å². The molecule has 3 heterocycles. The second kappa shape index (κ2) is 16.8. The van der Waals surface area contributed by atoms with Crippen LogP contribution in [0.3, 0.4) is 0 Å². The van der Waals surface area contributed by atoms with E-state index >= 15 is 0 Å². The average Bonchev–Trinajstić information content (AvgIpc) is 3.87. The van der Waals surface area contributed by atoms with Gasteiger partial charge in [0, 0.05) is 38.5 Å². The summed E-state index contributed by atoms with van der Waals surface area (Å²) in [5.41, 5.74) is 24.8. The normalized spacial score (nSPS) is 11.6. The molecule has 0 aliphatic carbocycles. The Labute approximate surface area is 409 Å². The zero-order chi connectivity index (χ0) is 47.8. The van der Waals surface area contributed by atoms with Crippen LogP contribution in [0.5, 0.6) is 0 Å². The van der Waals surface area contributed by atoms with Crippen LogP contribution in [0.4, 0.5) is 0 Å². The smallest absolute Gasteiger partial charge is 0.0993 e. The number of aryl methyl sites for hydroxylation is 6. The van der Waals surface area contributed by atoms with E-state index in [1.807, 2.05) is 0 Å². The number of nitrogens with zero attached hydrogens (tertiary/aromatic N) is 4. The monoisotopic (exact) mass is 898 g/mol. The number of benzene rings is 9. The SMILES string of the molecule is Cc1ccc(-c2ccc3c(c2)c2cc(-c4ccc(C)cc4)ccc2n3-c2cc(C#N)cc(-n3c4ccc(-c5ccc(C)cc5)cc4c4cc(-c5ccc(C)cc5)ccc43)c2-c2cc(C)nc(C)c2)cc1. The molecule has 0 saturated heterocycles. The van der Waals surface area contributed by atoms with Gasteiger partial charge in [-0.3, -0.25) is 4.98 Å². The number of pyridine rings is 1. The van der Waals surface area contributed by atoms with Gasteiger partial charge in [0.25, 0.3) is 0 Å². The van der Waals surface area contributed by atoms with Gasteiger partial charge < -0.3 is 9.13 Å². The first-order valence-electron chi connectivity index (χ1n) is 24.1. The number of aromatic nitrogens is 3. The maximum Gasteiger partial charge on any atom is 0.0993 e. The first-order valence-corrected chi connectivity index (χ1v) is 24.1. The first kappa shape index (κ1) is 42.6. The van der Waals surface area contributed by atoms with Crippen molar-refractivity contribution in [3.05, 3.63) is 233 Å². The van der Waals surface area contributed by atoms with E-state index in [-0.39, 0.29) is 0 Å². The third kappa shape index (κ3) is 7.35. The van der Waals surface area contributed by atoms with Crippen molar-refractivity contribution in [1.82, 2.24) is 14.1 Å². The van der Waals surface area contributed by atoms with Gasteiger partial charge in [0.2, 0.25) is 0 Å². The molecule has 0 radical (unpaired) electrons. The van der Waals surface area contributed by atoms with Crippen LogP contribution in [-0.2, 0) is 0 Å². The Bertz CT molecular complexity index is 3620. The Morgan fingerprint density at radius 1 is 0.314 bits per heavy atom. The maximum absolute atomic E-state index is 11.1. The molecule has 3 aromatic heterocycles. The molecule has 0 aliphatic heterocycles. The summed E-state index contributed by atoms with van der Waals surface area (Å²) in [6, 6.07) is 73.7. The molecule has 12 rings (SSSR count). The van der Waals surface area contributed by atoms with Crippen LogP contribution in [0.2, 0.25) is 0 Å². The number of nitriles is 1. The lowest BCUT2D eigenvalue weighted by molar-refractivity contribution is 1.11. The predicted molar refractivity (Wildman–Crippen MR) is 293 cm³/mol. The van der Waals surface area contributed by atoms with Crippen LogP contribution in [-0.4, -0.2) is 14.1 Å². The van der Waals surface area contributed by atoms with E-state index in [1.54, 1.807) is 0 Å². The topological polar surface area (TPSA) is 46.5 Å². The Balaban J connectivity index is 1.19. The zero-order valence-corrected chi connectivity index (χ0v) is 40.3. The first-order chi connectivity index (χ1) is 34.1. The van der Waals surface area contributed by atoms with Gasteiger partial charge in [-0.2, -0.15) is 5.26 Å². The van der Waals surface area contributed by atoms with E-state index in [1.165, 1.54) is 44.5 Å². The molecule has 4 heteroatoms. The molecule has 0 fully saturated rings. The Morgan fingerprint density at radius 2 is 0.586 bits per heavy atom. The minimum atomic E-state index is 0.571. The van der Waals surface area contributed by atoms with Crippen molar-refractivity contribution in [1.29, 1.82) is 5.26 Å². The molecule has 70 heavy (non-hydrogen) atoms. The Kier molecular flexibility index (Phi) is 10.2. The molecule has 0 aliphatic rings. The van der Waals surface area contributed by atoms with Crippen molar-refractivity contribution in [3.8, 4) is 73.1 Å². The summed E-state index contributed by atoms with van der Waals surface area (Å²) in [4.78, 5) is 4.89. The number of fused-ring (bicyclic) bond motifs is 6. The van der Waals surface area contributed by atoms with Gasteiger partial charge in [0.15, 0.2) is 0 Å². The molecule has 0 saturated carbocycles. The van der Waals surface area contributed by atoms with E-state index in [4.69, 9.17) is 4.98 Å². The van der Waals surface area contributed by atoms with Crippen LogP contribution in [0.15, 0.2) is 194 Å². The largest absolute Gasteiger partial charge is 0.308 e. The van der Waals surface area contributed by atoms with Crippen LogP contribution < -0.4 is 0 Å². The van der Waals surface area contributed by atoms with E-state index in [0.29, 0.717) is 5.56 Å². The summed E-state index contributed by atoms with van der Waals surface area (Å²) < 4.78 is 4.79. The highest BCUT2D eigenvalue weighted by Crippen LogP contribution is 2.45. The molecule has 0 spiro atoms. The number of rotatable bonds is 7. The fourth-order valence-electron chi connectivity index (χ4n) is 10.6. The fourth-order valence-corrected chi connectivity index (χ4v) is 10.6. The zero-order valence-electron chi connectivity index (χ0n) is 40.3. The lowest BCUT2D eigenvalue weighted by atomic mass is 9.97. The molecular weight excluding hydrogens is 849 g/mol. The Hall–Kier alpha value is -8.78. The molecule has 0 N–H and O–H groups in total. The summed E-state index contributed by atoms with van der Waals surface area (Å²) >= 11 is 0. The van der Waals surface area contributed by atoms with Gasteiger partial charge in [0.1, 0.15) is 0 Å². The van der Waals surface area contributed by atoms with Crippen molar-refractivity contribution in [2.24, 2.45) is 0 Å². The minimum absolute atomic E-state index is 0.571. The summed E-state index contributed by atoms with van der Waals surface area (Å²) in [6.07, 6.45) is 0. The summed E-state index contributed by atoms with van der Waals surface area (Å²) in [7, 11) is 0. The molecule has 0 bridgehead atoms. The summed E-state index contributed by atoms with van der Waals surface area (Å²) in [5, 5.41) is 15.7. The van der Waals surface area contributed by atoms with Crippen LogP contribution in [0.1, 0.15) is 39.2 Å². The van der Waals surface area contributed by atoms with Gasteiger partial charge in [-0.25, -0.2) is 0 Å². The van der Waals surface area contributed by atoms with Crippen molar-refractivity contribution >= 4 is 43.6 Å². The van der Waals surface area contributed by atoms with Crippen LogP contribution >= 0.6 is 0 Å². The van der Waals surface area contributed by atoms with Gasteiger partial charge in [-0.05, 0) is 164 Å². The summed E-state index contributed by atoms with van der Waals surface area (Å²) in [5.74, 6) is 0. The molecule has 0 atom stereocenters. The quantitative estimate of drug-likeness (QED) is 0.160. The van der Waals surface area contributed by atoms with Crippen molar-refractivity contribution in [2.45, 2.75) is 41.5 Å². The second-order valence-electron chi connectivity index (χ2n) is 19.2. The highest BCUT2D eigenvalue weighted by atomic mass is 15.0. The van der Waals surface area contributed by atoms with E-state index in [0.717, 1.165) is 99.8 Å². The molecule has 334 valence electrons. The second-order valence-corrected chi connectivity index (χ2v) is 19.2. The number of hydrogen-bond acceptors (Lipinski definition) is 2.